The molecule has 6 nitrogen and oxygen atoms in total. The van der Waals surface area contributed by atoms with Crippen LogP contribution in [0.2, 0.25) is 0 Å². The second kappa shape index (κ2) is 6.59. The summed E-state index contributed by atoms with van der Waals surface area (Å²) >= 11 is 0. The molecule has 1 aromatic carbocycles. The first-order valence-corrected chi connectivity index (χ1v) is 9.89. The largest absolute Gasteiger partial charge is 0.293 e. The number of amidine groups is 1. The van der Waals surface area contributed by atoms with Gasteiger partial charge in [0, 0.05) is 18.7 Å². The highest BCUT2D eigenvalue weighted by atomic mass is 32.2. The summed E-state index contributed by atoms with van der Waals surface area (Å²) in [6.45, 7) is 2.81. The molecule has 0 bridgehead atoms. The highest BCUT2D eigenvalue weighted by molar-refractivity contribution is 7.88. The molecule has 1 saturated heterocycles. The lowest BCUT2D eigenvalue weighted by molar-refractivity contribution is 0.274. The molecule has 0 spiro atoms. The van der Waals surface area contributed by atoms with E-state index in [1.54, 1.807) is 9.31 Å². The summed E-state index contributed by atoms with van der Waals surface area (Å²) in [4.78, 5) is 4.42. The van der Waals surface area contributed by atoms with E-state index < -0.39 is 10.0 Å². The Balaban J connectivity index is 1.57. The Morgan fingerprint density at radius 1 is 1.17 bits per heavy atom. The Kier molecular flexibility index (Phi) is 4.70. The Morgan fingerprint density at radius 2 is 1.83 bits per heavy atom. The van der Waals surface area contributed by atoms with Gasteiger partial charge in [-0.1, -0.05) is 24.3 Å². The van der Waals surface area contributed by atoms with Crippen molar-refractivity contribution in [1.82, 2.24) is 9.31 Å². The Morgan fingerprint density at radius 3 is 2.35 bits per heavy atom. The quantitative estimate of drug-likeness (QED) is 0.826. The molecule has 7 heteroatoms. The third-order valence-corrected chi connectivity index (χ3v) is 5.96. The van der Waals surface area contributed by atoms with Gasteiger partial charge in [0.05, 0.1) is 19.3 Å². The van der Waals surface area contributed by atoms with Crippen molar-refractivity contribution in [3.05, 3.63) is 35.4 Å². The molecule has 2 aliphatic rings. The molecule has 0 radical (unpaired) electrons. The predicted molar refractivity (Wildman–Crippen MR) is 91.6 cm³/mol. The second-order valence-corrected chi connectivity index (χ2v) is 8.39. The first kappa shape index (κ1) is 16.4. The van der Waals surface area contributed by atoms with Gasteiger partial charge in [0.1, 0.15) is 5.84 Å². The van der Waals surface area contributed by atoms with Crippen LogP contribution in [0.5, 0.6) is 0 Å². The molecule has 1 aromatic rings. The highest BCUT2D eigenvalue weighted by Gasteiger charge is 2.25. The van der Waals surface area contributed by atoms with E-state index in [9.17, 15) is 8.42 Å². The minimum atomic E-state index is -3.04. The van der Waals surface area contributed by atoms with E-state index in [0.29, 0.717) is 19.0 Å². The number of sulfonamides is 1. The Bertz CT molecular complexity index is 677. The molecule has 2 N–H and O–H groups in total. The molecule has 0 aliphatic carbocycles. The monoisotopic (exact) mass is 336 g/mol. The smallest absolute Gasteiger partial charge is 0.211 e. The number of aliphatic imine (C=N–C) groups is 1. The van der Waals surface area contributed by atoms with Crippen LogP contribution in [0.3, 0.4) is 0 Å². The molecule has 2 aliphatic heterocycles. The van der Waals surface area contributed by atoms with E-state index >= 15 is 0 Å². The minimum Gasteiger partial charge on any atom is -0.293 e. The zero-order chi connectivity index (χ0) is 16.4. The second-order valence-electron chi connectivity index (χ2n) is 6.41. The molecular weight excluding hydrogens is 312 g/mol. The Labute approximate surface area is 138 Å². The van der Waals surface area contributed by atoms with Crippen LogP contribution >= 0.6 is 0 Å². The summed E-state index contributed by atoms with van der Waals surface area (Å²) < 4.78 is 24.7. The molecule has 2 heterocycles. The van der Waals surface area contributed by atoms with Crippen molar-refractivity contribution in [3.8, 4) is 0 Å². The zero-order valence-electron chi connectivity index (χ0n) is 13.5. The summed E-state index contributed by atoms with van der Waals surface area (Å²) in [5.74, 6) is 7.30. The van der Waals surface area contributed by atoms with Gasteiger partial charge in [0.15, 0.2) is 0 Å². The van der Waals surface area contributed by atoms with Gasteiger partial charge in [-0.05, 0) is 30.7 Å². The number of benzene rings is 1. The average molecular weight is 336 g/mol. The maximum atomic E-state index is 11.5. The molecule has 23 heavy (non-hydrogen) atoms. The van der Waals surface area contributed by atoms with E-state index in [1.807, 2.05) is 0 Å². The molecular formula is C16H24N4O2S. The number of nitrogens with zero attached hydrogens (tertiary/aromatic N) is 3. The van der Waals surface area contributed by atoms with Gasteiger partial charge in [-0.25, -0.2) is 18.6 Å². The van der Waals surface area contributed by atoms with Crippen LogP contribution in [-0.2, 0) is 16.4 Å². The predicted octanol–water partition coefficient (Wildman–Crippen LogP) is 0.837. The molecule has 1 fully saturated rings. The summed E-state index contributed by atoms with van der Waals surface area (Å²) in [5, 5.41) is 1.69. The average Bonchev–Trinajstić information content (AvgIpc) is 2.94. The molecule has 0 unspecified atom stereocenters. The normalized spacial score (nSPS) is 20.8. The van der Waals surface area contributed by atoms with Crippen molar-refractivity contribution in [2.75, 3.05) is 32.4 Å². The van der Waals surface area contributed by atoms with Crippen molar-refractivity contribution in [1.29, 1.82) is 0 Å². The van der Waals surface area contributed by atoms with Gasteiger partial charge in [0.2, 0.25) is 10.0 Å². The zero-order valence-corrected chi connectivity index (χ0v) is 14.3. The summed E-state index contributed by atoms with van der Waals surface area (Å²) in [6, 6.07) is 8.41. The number of hydrogen-bond donors (Lipinski definition) is 1. The lowest BCUT2D eigenvalue weighted by Gasteiger charge is -2.30. The SMILES string of the molecule is CS(=O)(=O)N1CCC(Cc2ccc(C3=NCCN3N)cc2)CC1. The molecule has 0 atom stereocenters. The maximum absolute atomic E-state index is 11.5. The Hall–Kier alpha value is -1.44. The molecule has 0 saturated carbocycles. The number of nitrogens with two attached hydrogens (primary N) is 1. The van der Waals surface area contributed by atoms with Gasteiger partial charge in [-0.3, -0.25) is 10.0 Å². The van der Waals surface area contributed by atoms with E-state index in [1.165, 1.54) is 11.8 Å². The highest BCUT2D eigenvalue weighted by Crippen LogP contribution is 2.23. The van der Waals surface area contributed by atoms with Gasteiger partial charge < -0.3 is 0 Å². The van der Waals surface area contributed by atoms with Crippen LogP contribution in [0.4, 0.5) is 0 Å². The van der Waals surface area contributed by atoms with E-state index in [2.05, 4.69) is 29.3 Å². The van der Waals surface area contributed by atoms with E-state index in [4.69, 9.17) is 5.84 Å². The van der Waals surface area contributed by atoms with Crippen LogP contribution in [0.25, 0.3) is 0 Å². The van der Waals surface area contributed by atoms with Crippen LogP contribution < -0.4 is 5.84 Å². The molecule has 0 aromatic heterocycles. The first-order valence-electron chi connectivity index (χ1n) is 8.04. The molecule has 0 amide bonds. The van der Waals surface area contributed by atoms with E-state index in [-0.39, 0.29) is 0 Å². The fourth-order valence-electron chi connectivity index (χ4n) is 3.29. The third kappa shape index (κ3) is 3.91. The molecule has 3 rings (SSSR count). The van der Waals surface area contributed by atoms with Crippen molar-refractivity contribution in [2.24, 2.45) is 16.8 Å². The van der Waals surface area contributed by atoms with Crippen LogP contribution in [0.1, 0.15) is 24.0 Å². The lowest BCUT2D eigenvalue weighted by atomic mass is 9.90. The van der Waals surface area contributed by atoms with Gasteiger partial charge in [-0.2, -0.15) is 0 Å². The van der Waals surface area contributed by atoms with Crippen molar-refractivity contribution in [2.45, 2.75) is 19.3 Å². The fourth-order valence-corrected chi connectivity index (χ4v) is 4.16. The fraction of sp³-hybridized carbons (Fsp3) is 0.562. The maximum Gasteiger partial charge on any atom is 0.211 e. The lowest BCUT2D eigenvalue weighted by Crippen LogP contribution is -2.38. The van der Waals surface area contributed by atoms with Crippen LogP contribution in [0, 0.1) is 5.92 Å². The first-order chi connectivity index (χ1) is 10.9. The summed E-state index contributed by atoms with van der Waals surface area (Å²) in [7, 11) is -3.04. The van der Waals surface area contributed by atoms with Crippen LogP contribution in [0.15, 0.2) is 29.3 Å². The van der Waals surface area contributed by atoms with Crippen LogP contribution in [-0.4, -0.2) is 56.0 Å². The third-order valence-electron chi connectivity index (χ3n) is 4.65. The topological polar surface area (TPSA) is 79.0 Å². The van der Waals surface area contributed by atoms with Gasteiger partial charge in [-0.15, -0.1) is 0 Å². The number of hydrazine groups is 1. The summed E-state index contributed by atoms with van der Waals surface area (Å²) in [5.41, 5.74) is 2.34. The standard InChI is InChI=1S/C16H24N4O2S/c1-23(21,22)19-9-6-14(7-10-19)12-13-2-4-15(5-3-13)16-18-8-11-20(16)17/h2-5,14H,6-12,17H2,1H3. The number of hydrogen-bond acceptors (Lipinski definition) is 5. The summed E-state index contributed by atoms with van der Waals surface area (Å²) in [6.07, 6.45) is 4.14. The van der Waals surface area contributed by atoms with Crippen molar-refractivity contribution in [3.63, 3.8) is 0 Å². The number of rotatable bonds is 4. The molecule has 126 valence electrons. The van der Waals surface area contributed by atoms with Gasteiger partial charge in [0.25, 0.3) is 0 Å². The van der Waals surface area contributed by atoms with Crippen molar-refractivity contribution >= 4 is 15.9 Å². The number of piperidine rings is 1. The van der Waals surface area contributed by atoms with E-state index in [0.717, 1.165) is 43.8 Å². The van der Waals surface area contributed by atoms with Crippen molar-refractivity contribution < 1.29 is 8.42 Å². The van der Waals surface area contributed by atoms with Gasteiger partial charge >= 0.3 is 0 Å². The minimum absolute atomic E-state index is 0.550.